The molecule has 0 unspecified atom stereocenters. The van der Waals surface area contributed by atoms with Crippen LogP contribution < -0.4 is 17.0 Å². The summed E-state index contributed by atoms with van der Waals surface area (Å²) in [5.74, 6) is -1.21. The molecule has 1 aromatic heterocycles. The molecule has 7 heteroatoms. The van der Waals surface area contributed by atoms with E-state index in [1.165, 1.54) is 0 Å². The van der Waals surface area contributed by atoms with Crippen molar-refractivity contribution >= 4 is 16.9 Å². The summed E-state index contributed by atoms with van der Waals surface area (Å²) in [5, 5.41) is 9.06. The molecule has 0 fully saturated rings. The zero-order chi connectivity index (χ0) is 13.3. The van der Waals surface area contributed by atoms with Crippen LogP contribution in [0.4, 0.5) is 0 Å². The summed E-state index contributed by atoms with van der Waals surface area (Å²) in [6, 6.07) is 5.22. The number of aromatic amines is 1. The Labute approximate surface area is 100 Å². The molecule has 4 N–H and O–H groups in total. The van der Waals surface area contributed by atoms with Crippen molar-refractivity contribution in [2.45, 2.75) is 12.6 Å². The number of hydrogen-bond donors (Lipinski definition) is 3. The van der Waals surface area contributed by atoms with E-state index in [0.29, 0.717) is 10.9 Å². The number of fused-ring (bicyclic) bond motifs is 1. The molecule has 7 nitrogen and oxygen atoms in total. The Morgan fingerprint density at radius 1 is 1.39 bits per heavy atom. The van der Waals surface area contributed by atoms with Crippen LogP contribution in [0.15, 0.2) is 33.9 Å². The van der Waals surface area contributed by atoms with Crippen molar-refractivity contribution in [2.24, 2.45) is 5.73 Å². The second-order valence-corrected chi connectivity index (χ2v) is 3.83. The molecule has 0 aliphatic rings. The first-order valence-electron chi connectivity index (χ1n) is 5.21. The summed E-state index contributed by atoms with van der Waals surface area (Å²) in [6.07, 6.45) is 0. The van der Waals surface area contributed by atoms with Crippen molar-refractivity contribution in [3.63, 3.8) is 0 Å². The van der Waals surface area contributed by atoms with Crippen LogP contribution in [-0.4, -0.2) is 26.7 Å². The standard InChI is InChI=1S/C11H11N3O4/c12-7(10(16)17)5-14-8-4-2-1-3-6(8)9(15)13-11(14)18/h1-4,7H,5,12H2,(H,16,17)(H,13,15,18)/t7-/m0/s1. The average molecular weight is 249 g/mol. The molecule has 0 amide bonds. The van der Waals surface area contributed by atoms with E-state index in [-0.39, 0.29) is 6.54 Å². The lowest BCUT2D eigenvalue weighted by Crippen LogP contribution is -2.40. The third-order valence-corrected chi connectivity index (χ3v) is 2.60. The van der Waals surface area contributed by atoms with Crippen LogP contribution in [0.1, 0.15) is 0 Å². The summed E-state index contributed by atoms with van der Waals surface area (Å²) < 4.78 is 1.15. The zero-order valence-electron chi connectivity index (χ0n) is 9.29. The van der Waals surface area contributed by atoms with E-state index in [1.807, 2.05) is 0 Å². The van der Waals surface area contributed by atoms with E-state index in [1.54, 1.807) is 24.3 Å². The second-order valence-electron chi connectivity index (χ2n) is 3.83. The molecule has 2 aromatic rings. The van der Waals surface area contributed by atoms with Gasteiger partial charge in [0.25, 0.3) is 5.56 Å². The molecule has 0 bridgehead atoms. The molecule has 0 saturated heterocycles. The minimum atomic E-state index is -1.21. The van der Waals surface area contributed by atoms with Crippen molar-refractivity contribution in [1.29, 1.82) is 0 Å². The highest BCUT2D eigenvalue weighted by Crippen LogP contribution is 2.06. The van der Waals surface area contributed by atoms with Gasteiger partial charge in [0.2, 0.25) is 0 Å². The number of aliphatic carboxylic acids is 1. The molecule has 0 spiro atoms. The number of carboxylic acids is 1. The first kappa shape index (κ1) is 12.1. The van der Waals surface area contributed by atoms with Crippen molar-refractivity contribution in [3.05, 3.63) is 45.1 Å². The highest BCUT2D eigenvalue weighted by molar-refractivity contribution is 5.78. The number of rotatable bonds is 3. The maximum atomic E-state index is 11.7. The first-order valence-corrected chi connectivity index (χ1v) is 5.21. The van der Waals surface area contributed by atoms with Gasteiger partial charge in [-0.3, -0.25) is 19.1 Å². The van der Waals surface area contributed by atoms with Gasteiger partial charge in [-0.15, -0.1) is 0 Å². The molecule has 0 aliphatic carbocycles. The number of benzene rings is 1. The SMILES string of the molecule is N[C@@H](Cn1c(=O)[nH]c(=O)c2ccccc21)C(=O)O. The first-order chi connectivity index (χ1) is 8.50. The minimum Gasteiger partial charge on any atom is -0.480 e. The Balaban J connectivity index is 2.67. The molecule has 0 saturated carbocycles. The number of nitrogens with two attached hydrogens (primary N) is 1. The molecule has 2 rings (SSSR count). The second kappa shape index (κ2) is 4.46. The molecular weight excluding hydrogens is 238 g/mol. The highest BCUT2D eigenvalue weighted by atomic mass is 16.4. The number of carbonyl (C=O) groups is 1. The Morgan fingerprint density at radius 3 is 2.72 bits per heavy atom. The summed E-state index contributed by atoms with van der Waals surface area (Å²) in [4.78, 5) is 36.1. The quantitative estimate of drug-likeness (QED) is 0.651. The Kier molecular flexibility index (Phi) is 2.99. The fourth-order valence-electron chi connectivity index (χ4n) is 1.70. The highest BCUT2D eigenvalue weighted by Gasteiger charge is 2.15. The predicted molar refractivity (Wildman–Crippen MR) is 64.4 cm³/mol. The smallest absolute Gasteiger partial charge is 0.328 e. The zero-order valence-corrected chi connectivity index (χ0v) is 9.29. The number of H-pyrrole nitrogens is 1. The van der Waals surface area contributed by atoms with Crippen LogP contribution in [0.25, 0.3) is 10.9 Å². The number of aromatic nitrogens is 2. The number of nitrogens with zero attached hydrogens (tertiary/aromatic N) is 1. The minimum absolute atomic E-state index is 0.203. The lowest BCUT2D eigenvalue weighted by Gasteiger charge is -2.11. The van der Waals surface area contributed by atoms with Gasteiger partial charge in [-0.1, -0.05) is 12.1 Å². The maximum Gasteiger partial charge on any atom is 0.328 e. The number of carboxylic acid groups (broad SMARTS) is 1. The van der Waals surface area contributed by atoms with Gasteiger partial charge in [0, 0.05) is 0 Å². The van der Waals surface area contributed by atoms with Gasteiger partial charge in [-0.25, -0.2) is 4.79 Å². The van der Waals surface area contributed by atoms with Gasteiger partial charge in [-0.2, -0.15) is 0 Å². The van der Waals surface area contributed by atoms with Gasteiger partial charge in [0.15, 0.2) is 0 Å². The van der Waals surface area contributed by atoms with E-state index in [2.05, 4.69) is 4.98 Å². The molecular formula is C11H11N3O4. The Hall–Kier alpha value is -2.41. The van der Waals surface area contributed by atoms with E-state index >= 15 is 0 Å². The number of nitrogens with one attached hydrogen (secondary N) is 1. The Morgan fingerprint density at radius 2 is 2.06 bits per heavy atom. The van der Waals surface area contributed by atoms with Crippen molar-refractivity contribution in [1.82, 2.24) is 9.55 Å². The predicted octanol–water partition coefficient (Wildman–Crippen LogP) is -0.898. The van der Waals surface area contributed by atoms with Gasteiger partial charge in [0.1, 0.15) is 6.04 Å². The molecule has 1 atom stereocenters. The summed E-state index contributed by atoms with van der Waals surface area (Å²) >= 11 is 0. The molecule has 94 valence electrons. The van der Waals surface area contributed by atoms with E-state index in [4.69, 9.17) is 10.8 Å². The van der Waals surface area contributed by atoms with Crippen molar-refractivity contribution in [3.8, 4) is 0 Å². The summed E-state index contributed by atoms with van der Waals surface area (Å²) in [5.41, 5.74) is 4.58. The molecule has 1 heterocycles. The normalized spacial score (nSPS) is 12.5. The molecule has 1 aromatic carbocycles. The lowest BCUT2D eigenvalue weighted by atomic mass is 10.2. The summed E-state index contributed by atoms with van der Waals surface area (Å²) in [6.45, 7) is -0.203. The third kappa shape index (κ3) is 2.03. The van der Waals surface area contributed by atoms with Crippen molar-refractivity contribution in [2.75, 3.05) is 0 Å². The van der Waals surface area contributed by atoms with Gasteiger partial charge >= 0.3 is 11.7 Å². The van der Waals surface area contributed by atoms with Crippen LogP contribution in [0.3, 0.4) is 0 Å². The fraction of sp³-hybridized carbons (Fsp3) is 0.182. The van der Waals surface area contributed by atoms with Crippen LogP contribution >= 0.6 is 0 Å². The molecule has 0 aliphatic heterocycles. The van der Waals surface area contributed by atoms with Crippen LogP contribution in [-0.2, 0) is 11.3 Å². The topological polar surface area (TPSA) is 118 Å². The van der Waals surface area contributed by atoms with Crippen LogP contribution in [0.5, 0.6) is 0 Å². The van der Waals surface area contributed by atoms with Crippen LogP contribution in [0, 0.1) is 0 Å². The lowest BCUT2D eigenvalue weighted by molar-refractivity contribution is -0.138. The van der Waals surface area contributed by atoms with Crippen molar-refractivity contribution < 1.29 is 9.90 Å². The monoisotopic (exact) mass is 249 g/mol. The van der Waals surface area contributed by atoms with Gasteiger partial charge < -0.3 is 10.8 Å². The summed E-state index contributed by atoms with van der Waals surface area (Å²) in [7, 11) is 0. The Bertz CT molecular complexity index is 716. The fourth-order valence-corrected chi connectivity index (χ4v) is 1.70. The van der Waals surface area contributed by atoms with Gasteiger partial charge in [0.05, 0.1) is 17.4 Å². The number of para-hydroxylation sites is 1. The average Bonchev–Trinajstić information content (AvgIpc) is 2.34. The van der Waals surface area contributed by atoms with E-state index in [0.717, 1.165) is 4.57 Å². The van der Waals surface area contributed by atoms with Gasteiger partial charge in [-0.05, 0) is 12.1 Å². The maximum absolute atomic E-state index is 11.7. The largest absolute Gasteiger partial charge is 0.480 e. The number of hydrogen-bond acceptors (Lipinski definition) is 4. The van der Waals surface area contributed by atoms with E-state index < -0.39 is 23.3 Å². The molecule has 0 radical (unpaired) electrons. The molecule has 18 heavy (non-hydrogen) atoms. The van der Waals surface area contributed by atoms with E-state index in [9.17, 15) is 14.4 Å². The third-order valence-electron chi connectivity index (χ3n) is 2.60. The van der Waals surface area contributed by atoms with Crippen LogP contribution in [0.2, 0.25) is 0 Å².